The molecule has 0 aromatic carbocycles. The van der Waals surface area contributed by atoms with Gasteiger partial charge in [-0.15, -0.1) is 0 Å². The van der Waals surface area contributed by atoms with Crippen molar-refractivity contribution in [2.75, 3.05) is 0 Å². The van der Waals surface area contributed by atoms with E-state index in [1.54, 1.807) is 0 Å². The summed E-state index contributed by atoms with van der Waals surface area (Å²) in [6.07, 6.45) is 4.30. The van der Waals surface area contributed by atoms with Gasteiger partial charge in [-0.05, 0) is 39.0 Å². The topological polar surface area (TPSA) is 9.23 Å². The minimum atomic E-state index is 0.421. The second kappa shape index (κ2) is 3.56. The predicted molar refractivity (Wildman–Crippen MR) is 61.3 cm³/mol. The van der Waals surface area contributed by atoms with Crippen molar-refractivity contribution in [1.82, 2.24) is 0 Å². The van der Waals surface area contributed by atoms with Crippen LogP contribution in [0, 0.1) is 5.92 Å². The molecule has 1 unspecified atom stereocenters. The molecule has 13 heavy (non-hydrogen) atoms. The Balaban J connectivity index is 2.06. The molecule has 3 heteroatoms. The van der Waals surface area contributed by atoms with E-state index >= 15 is 0 Å². The monoisotopic (exact) mass is 216 g/mol. The standard InChI is InChI=1S/C10H17OPS/c1-7(2)8-4-5-10(3)9(6-8)11-12-13-10/h8-9,12H,1,4-6H2,2-3H3/t8-,9+,10+/m0/s1. The van der Waals surface area contributed by atoms with Crippen LogP contribution in [0.5, 0.6) is 0 Å². The SMILES string of the molecule is C=C(C)[C@H]1CC[C@@]2(C)SPO[C@@H]2C1. The Kier molecular flexibility index (Phi) is 2.75. The van der Waals surface area contributed by atoms with E-state index in [2.05, 4.69) is 20.4 Å². The molecule has 0 spiro atoms. The molecule has 1 saturated carbocycles. The minimum absolute atomic E-state index is 0.421. The van der Waals surface area contributed by atoms with E-state index in [1.807, 2.05) is 11.4 Å². The van der Waals surface area contributed by atoms with Crippen LogP contribution in [0.25, 0.3) is 0 Å². The van der Waals surface area contributed by atoms with Gasteiger partial charge in [0.15, 0.2) is 0 Å². The molecule has 2 fully saturated rings. The summed E-state index contributed by atoms with van der Waals surface area (Å²) in [5.41, 5.74) is 1.34. The first-order valence-electron chi connectivity index (χ1n) is 4.86. The molecular weight excluding hydrogens is 199 g/mol. The van der Waals surface area contributed by atoms with Crippen molar-refractivity contribution in [2.24, 2.45) is 5.92 Å². The maximum atomic E-state index is 5.79. The fraction of sp³-hybridized carbons (Fsp3) is 0.800. The van der Waals surface area contributed by atoms with Gasteiger partial charge in [-0.25, -0.2) is 0 Å². The molecule has 0 bridgehead atoms. The number of hydrogen-bond acceptors (Lipinski definition) is 2. The van der Waals surface area contributed by atoms with Crippen LogP contribution in [0.3, 0.4) is 0 Å². The zero-order valence-corrected chi connectivity index (χ0v) is 10.1. The van der Waals surface area contributed by atoms with E-state index in [9.17, 15) is 0 Å². The number of hydrogen-bond donors (Lipinski definition) is 0. The fourth-order valence-corrected chi connectivity index (χ4v) is 5.22. The summed E-state index contributed by atoms with van der Waals surface area (Å²) >= 11 is 2.02. The van der Waals surface area contributed by atoms with Crippen molar-refractivity contribution >= 4 is 19.4 Å². The smallest absolute Gasteiger partial charge is 0.0779 e. The molecular formula is C10H17OPS. The van der Waals surface area contributed by atoms with Gasteiger partial charge in [-0.2, -0.15) is 0 Å². The van der Waals surface area contributed by atoms with Crippen LogP contribution < -0.4 is 0 Å². The maximum Gasteiger partial charge on any atom is 0.0779 e. The van der Waals surface area contributed by atoms with Crippen molar-refractivity contribution in [3.05, 3.63) is 12.2 Å². The zero-order chi connectivity index (χ0) is 9.47. The highest BCUT2D eigenvalue weighted by Crippen LogP contribution is 2.59. The lowest BCUT2D eigenvalue weighted by atomic mass is 9.77. The van der Waals surface area contributed by atoms with E-state index in [4.69, 9.17) is 4.52 Å². The van der Waals surface area contributed by atoms with Gasteiger partial charge in [-0.1, -0.05) is 23.5 Å². The Labute approximate surface area is 86.3 Å². The average Bonchev–Trinajstić information content (AvgIpc) is 2.44. The van der Waals surface area contributed by atoms with E-state index in [0.717, 1.165) is 0 Å². The van der Waals surface area contributed by atoms with Gasteiger partial charge in [0.25, 0.3) is 0 Å². The highest BCUT2D eigenvalue weighted by atomic mass is 32.7. The minimum Gasteiger partial charge on any atom is -0.347 e. The summed E-state index contributed by atoms with van der Waals surface area (Å²) in [6, 6.07) is 0. The lowest BCUT2D eigenvalue weighted by Gasteiger charge is -2.37. The molecule has 4 atom stereocenters. The highest BCUT2D eigenvalue weighted by molar-refractivity contribution is 8.49. The van der Waals surface area contributed by atoms with Crippen LogP contribution in [0.2, 0.25) is 0 Å². The molecule has 1 heterocycles. The first-order valence-corrected chi connectivity index (χ1v) is 7.31. The third kappa shape index (κ3) is 1.82. The van der Waals surface area contributed by atoms with E-state index in [1.165, 1.54) is 24.8 Å². The molecule has 1 aliphatic heterocycles. The summed E-state index contributed by atoms with van der Waals surface area (Å²) in [5, 5.41) is 0. The summed E-state index contributed by atoms with van der Waals surface area (Å²) < 4.78 is 6.21. The number of allylic oxidation sites excluding steroid dienone is 1. The Bertz CT molecular complexity index is 231. The first-order chi connectivity index (χ1) is 6.12. The molecule has 0 aromatic heterocycles. The normalized spacial score (nSPS) is 46.3. The molecule has 0 N–H and O–H groups in total. The Hall–Kier alpha value is 0.480. The summed E-state index contributed by atoms with van der Waals surface area (Å²) in [6.45, 7) is 8.56. The summed E-state index contributed by atoms with van der Waals surface area (Å²) in [7, 11) is 0.664. The van der Waals surface area contributed by atoms with Gasteiger partial charge < -0.3 is 4.52 Å². The second-order valence-electron chi connectivity index (χ2n) is 4.42. The van der Waals surface area contributed by atoms with Gasteiger partial charge in [0.1, 0.15) is 0 Å². The van der Waals surface area contributed by atoms with Crippen molar-refractivity contribution < 1.29 is 4.52 Å². The molecule has 1 saturated heterocycles. The molecule has 1 aliphatic carbocycles. The summed E-state index contributed by atoms with van der Waals surface area (Å²) in [5.74, 6) is 0.710. The van der Waals surface area contributed by atoms with E-state index in [0.29, 0.717) is 24.8 Å². The average molecular weight is 216 g/mol. The molecule has 0 amide bonds. The van der Waals surface area contributed by atoms with Gasteiger partial charge in [-0.3, -0.25) is 0 Å². The Morgan fingerprint density at radius 1 is 1.69 bits per heavy atom. The molecule has 2 rings (SSSR count). The lowest BCUT2D eigenvalue weighted by Crippen LogP contribution is -2.39. The number of fused-ring (bicyclic) bond motifs is 1. The zero-order valence-electron chi connectivity index (χ0n) is 8.30. The van der Waals surface area contributed by atoms with Crippen molar-refractivity contribution in [3.8, 4) is 0 Å². The molecule has 0 aromatic rings. The Morgan fingerprint density at radius 2 is 2.46 bits per heavy atom. The summed E-state index contributed by atoms with van der Waals surface area (Å²) in [4.78, 5) is 0. The fourth-order valence-electron chi connectivity index (χ4n) is 2.16. The number of rotatable bonds is 1. The highest BCUT2D eigenvalue weighted by Gasteiger charge is 2.45. The van der Waals surface area contributed by atoms with Crippen LogP contribution in [0.15, 0.2) is 12.2 Å². The van der Waals surface area contributed by atoms with Crippen molar-refractivity contribution in [1.29, 1.82) is 0 Å². The predicted octanol–water partition coefficient (Wildman–Crippen LogP) is 3.76. The quantitative estimate of drug-likeness (QED) is 0.487. The van der Waals surface area contributed by atoms with Gasteiger partial charge >= 0.3 is 0 Å². The van der Waals surface area contributed by atoms with Crippen molar-refractivity contribution in [3.63, 3.8) is 0 Å². The van der Waals surface area contributed by atoms with Gasteiger partial charge in [0.2, 0.25) is 0 Å². The van der Waals surface area contributed by atoms with Crippen LogP contribution in [-0.4, -0.2) is 10.9 Å². The molecule has 1 nitrogen and oxygen atoms in total. The second-order valence-corrected chi connectivity index (χ2v) is 7.07. The first kappa shape index (κ1) is 10.0. The van der Waals surface area contributed by atoms with Crippen LogP contribution >= 0.6 is 19.4 Å². The maximum absolute atomic E-state index is 5.79. The molecule has 2 aliphatic rings. The Morgan fingerprint density at radius 3 is 3.15 bits per heavy atom. The van der Waals surface area contributed by atoms with E-state index in [-0.39, 0.29) is 0 Å². The van der Waals surface area contributed by atoms with E-state index < -0.39 is 0 Å². The van der Waals surface area contributed by atoms with Crippen LogP contribution in [0.1, 0.15) is 33.1 Å². The largest absolute Gasteiger partial charge is 0.347 e. The lowest BCUT2D eigenvalue weighted by molar-refractivity contribution is 0.131. The van der Waals surface area contributed by atoms with Gasteiger partial charge in [0, 0.05) is 4.75 Å². The third-order valence-corrected chi connectivity index (χ3v) is 6.67. The third-order valence-electron chi connectivity index (χ3n) is 3.33. The van der Waals surface area contributed by atoms with Crippen LogP contribution in [0.4, 0.5) is 0 Å². The molecule has 0 radical (unpaired) electrons. The molecule has 74 valence electrons. The van der Waals surface area contributed by atoms with Gasteiger partial charge in [0.05, 0.1) is 14.1 Å². The van der Waals surface area contributed by atoms with Crippen LogP contribution in [-0.2, 0) is 4.52 Å². The van der Waals surface area contributed by atoms with Crippen molar-refractivity contribution in [2.45, 2.75) is 44.0 Å².